The highest BCUT2D eigenvalue weighted by molar-refractivity contribution is 5.94. The predicted octanol–water partition coefficient (Wildman–Crippen LogP) is 4.49. The maximum absolute atomic E-state index is 12.6. The molecule has 0 heterocycles. The number of carbonyl (C=O) groups is 1. The summed E-state index contributed by atoms with van der Waals surface area (Å²) in [6, 6.07) is 14.7. The van der Waals surface area contributed by atoms with Gasteiger partial charge in [-0.25, -0.2) is 0 Å². The van der Waals surface area contributed by atoms with E-state index in [-0.39, 0.29) is 5.91 Å². The van der Waals surface area contributed by atoms with Crippen molar-refractivity contribution in [2.75, 3.05) is 12.4 Å². The number of ether oxygens (including phenoxy) is 2. The fraction of sp³-hybridized carbons (Fsp3) is 0.333. The monoisotopic (exact) mass is 352 g/mol. The van der Waals surface area contributed by atoms with Crippen molar-refractivity contribution in [2.45, 2.75) is 39.2 Å². The summed E-state index contributed by atoms with van der Waals surface area (Å²) < 4.78 is 11.0. The summed E-state index contributed by atoms with van der Waals surface area (Å²) in [6.07, 6.45) is 0.267. The lowest BCUT2D eigenvalue weighted by atomic mass is 9.97. The van der Waals surface area contributed by atoms with Crippen molar-refractivity contribution < 1.29 is 14.3 Å². The molecule has 0 aliphatic carbocycles. The van der Waals surface area contributed by atoms with E-state index < -0.39 is 6.10 Å². The van der Waals surface area contributed by atoms with E-state index in [1.165, 1.54) is 7.11 Å². The molecule has 2 aromatic rings. The molecule has 0 radical (unpaired) electrons. The molecule has 136 valence electrons. The number of nitrogens with one attached hydrogen (secondary N) is 1. The summed E-state index contributed by atoms with van der Waals surface area (Å²) >= 11 is 0. The zero-order chi connectivity index (χ0) is 19.1. The van der Waals surface area contributed by atoms with Crippen LogP contribution in [0.25, 0.3) is 0 Å². The maximum Gasteiger partial charge on any atom is 0.265 e. The van der Waals surface area contributed by atoms with Crippen LogP contribution in [0.5, 0.6) is 11.5 Å². The van der Waals surface area contributed by atoms with Crippen molar-refractivity contribution in [3.63, 3.8) is 0 Å². The van der Waals surface area contributed by atoms with E-state index in [1.54, 1.807) is 25.1 Å². The predicted molar refractivity (Wildman–Crippen MR) is 102 cm³/mol. The van der Waals surface area contributed by atoms with Crippen molar-refractivity contribution in [1.29, 1.82) is 5.26 Å². The quantitative estimate of drug-likeness (QED) is 0.797. The van der Waals surface area contributed by atoms with Crippen molar-refractivity contribution >= 4 is 11.6 Å². The second kappa shape index (κ2) is 8.91. The number of hydrogen-bond acceptors (Lipinski definition) is 4. The fourth-order valence-corrected chi connectivity index (χ4v) is 2.57. The standard InChI is InChI=1S/C21H24N2O3/c1-5-14(2)17-8-6-7-9-18(17)23-21(24)15(3)26-19-11-10-16(13-22)12-20(19)25-4/h6-12,14-15H,5H2,1-4H3,(H,23,24)/t14-,15+/m1/s1. The van der Waals surface area contributed by atoms with Gasteiger partial charge in [-0.3, -0.25) is 4.79 Å². The highest BCUT2D eigenvalue weighted by Crippen LogP contribution is 2.30. The van der Waals surface area contributed by atoms with Crippen LogP contribution in [0, 0.1) is 11.3 Å². The minimum Gasteiger partial charge on any atom is -0.493 e. The molecule has 0 aliphatic rings. The van der Waals surface area contributed by atoms with E-state index in [4.69, 9.17) is 14.7 Å². The number of rotatable bonds is 7. The zero-order valence-electron chi connectivity index (χ0n) is 15.6. The number of benzene rings is 2. The molecule has 2 aromatic carbocycles. The normalized spacial score (nSPS) is 12.6. The SMILES string of the molecule is CC[C@@H](C)c1ccccc1NC(=O)[C@H](C)Oc1ccc(C#N)cc1OC. The number of amides is 1. The van der Waals surface area contributed by atoms with Crippen molar-refractivity contribution in [1.82, 2.24) is 0 Å². The van der Waals surface area contributed by atoms with Crippen molar-refractivity contribution in [3.8, 4) is 17.6 Å². The van der Waals surface area contributed by atoms with Crippen LogP contribution in [-0.2, 0) is 4.79 Å². The molecule has 0 aromatic heterocycles. The summed E-state index contributed by atoms with van der Waals surface area (Å²) in [4.78, 5) is 12.6. The van der Waals surface area contributed by atoms with Gasteiger partial charge in [0.1, 0.15) is 0 Å². The Balaban J connectivity index is 2.13. The van der Waals surface area contributed by atoms with E-state index in [0.717, 1.165) is 17.7 Å². The molecule has 5 heteroatoms. The molecule has 0 aliphatic heterocycles. The molecule has 0 unspecified atom stereocenters. The molecule has 0 fully saturated rings. The highest BCUT2D eigenvalue weighted by atomic mass is 16.5. The molecule has 0 saturated carbocycles. The first kappa shape index (κ1) is 19.3. The first-order valence-corrected chi connectivity index (χ1v) is 8.64. The van der Waals surface area contributed by atoms with Crippen LogP contribution >= 0.6 is 0 Å². The average molecular weight is 352 g/mol. The third-order valence-corrected chi connectivity index (χ3v) is 4.33. The summed E-state index contributed by atoms with van der Waals surface area (Å²) in [6.45, 7) is 5.93. The van der Waals surface area contributed by atoms with E-state index in [1.807, 2.05) is 30.3 Å². The van der Waals surface area contributed by atoms with Crippen LogP contribution in [0.4, 0.5) is 5.69 Å². The molecule has 2 atom stereocenters. The van der Waals surface area contributed by atoms with E-state index in [2.05, 4.69) is 19.2 Å². The van der Waals surface area contributed by atoms with E-state index in [0.29, 0.717) is 23.0 Å². The molecule has 5 nitrogen and oxygen atoms in total. The second-order valence-corrected chi connectivity index (χ2v) is 6.12. The van der Waals surface area contributed by atoms with Gasteiger partial charge in [-0.05, 0) is 43.0 Å². The lowest BCUT2D eigenvalue weighted by molar-refractivity contribution is -0.122. The minimum atomic E-state index is -0.721. The number of methoxy groups -OCH3 is 1. The van der Waals surface area contributed by atoms with E-state index >= 15 is 0 Å². The van der Waals surface area contributed by atoms with Crippen LogP contribution in [0.1, 0.15) is 44.2 Å². The lowest BCUT2D eigenvalue weighted by Gasteiger charge is -2.19. The molecular weight excluding hydrogens is 328 g/mol. The Morgan fingerprint density at radius 1 is 1.19 bits per heavy atom. The fourth-order valence-electron chi connectivity index (χ4n) is 2.57. The number of hydrogen-bond donors (Lipinski definition) is 1. The minimum absolute atomic E-state index is 0.243. The number of para-hydroxylation sites is 1. The van der Waals surface area contributed by atoms with Crippen LogP contribution in [0.2, 0.25) is 0 Å². The summed E-state index contributed by atoms with van der Waals surface area (Å²) in [7, 11) is 1.50. The number of nitrogens with zero attached hydrogens (tertiary/aromatic N) is 1. The largest absolute Gasteiger partial charge is 0.493 e. The molecule has 0 saturated heterocycles. The van der Waals surface area contributed by atoms with Gasteiger partial charge in [0.05, 0.1) is 18.7 Å². The van der Waals surface area contributed by atoms with Gasteiger partial charge in [0.15, 0.2) is 17.6 Å². The van der Waals surface area contributed by atoms with E-state index in [9.17, 15) is 4.79 Å². The van der Waals surface area contributed by atoms with Gasteiger partial charge in [-0.1, -0.05) is 32.0 Å². The van der Waals surface area contributed by atoms with Gasteiger partial charge >= 0.3 is 0 Å². The van der Waals surface area contributed by atoms with Gasteiger partial charge < -0.3 is 14.8 Å². The summed E-state index contributed by atoms with van der Waals surface area (Å²) in [5, 5.41) is 11.9. The number of anilines is 1. The smallest absolute Gasteiger partial charge is 0.265 e. The Morgan fingerprint density at radius 2 is 1.92 bits per heavy atom. The Kier molecular flexibility index (Phi) is 6.62. The van der Waals surface area contributed by atoms with Crippen LogP contribution in [-0.4, -0.2) is 19.1 Å². The second-order valence-electron chi connectivity index (χ2n) is 6.12. The van der Waals surface area contributed by atoms with Gasteiger partial charge in [0.2, 0.25) is 0 Å². The highest BCUT2D eigenvalue weighted by Gasteiger charge is 2.19. The topological polar surface area (TPSA) is 71.3 Å². The van der Waals surface area contributed by atoms with Gasteiger partial charge in [0.25, 0.3) is 5.91 Å². The third kappa shape index (κ3) is 4.54. The first-order valence-electron chi connectivity index (χ1n) is 8.64. The molecule has 1 amide bonds. The van der Waals surface area contributed by atoms with Crippen LogP contribution in [0.15, 0.2) is 42.5 Å². The molecule has 0 bridgehead atoms. The molecule has 2 rings (SSSR count). The number of carbonyl (C=O) groups excluding carboxylic acids is 1. The average Bonchev–Trinajstić information content (AvgIpc) is 2.67. The van der Waals surface area contributed by atoms with Crippen molar-refractivity contribution in [3.05, 3.63) is 53.6 Å². The molecule has 1 N–H and O–H groups in total. The van der Waals surface area contributed by atoms with Gasteiger partial charge in [-0.15, -0.1) is 0 Å². The maximum atomic E-state index is 12.6. The third-order valence-electron chi connectivity index (χ3n) is 4.33. The summed E-state index contributed by atoms with van der Waals surface area (Å²) in [5.74, 6) is 0.946. The summed E-state index contributed by atoms with van der Waals surface area (Å²) in [5.41, 5.74) is 2.37. The molecular formula is C21H24N2O3. The van der Waals surface area contributed by atoms with Gasteiger partial charge in [0, 0.05) is 11.8 Å². The van der Waals surface area contributed by atoms with Crippen LogP contribution in [0.3, 0.4) is 0 Å². The zero-order valence-corrected chi connectivity index (χ0v) is 15.6. The Labute approximate surface area is 154 Å². The van der Waals surface area contributed by atoms with Crippen LogP contribution < -0.4 is 14.8 Å². The van der Waals surface area contributed by atoms with Crippen molar-refractivity contribution in [2.24, 2.45) is 0 Å². The Hall–Kier alpha value is -3.00. The number of nitriles is 1. The Bertz CT molecular complexity index is 811. The molecule has 0 spiro atoms. The first-order chi connectivity index (χ1) is 12.5. The van der Waals surface area contributed by atoms with Gasteiger partial charge in [-0.2, -0.15) is 5.26 Å². The Morgan fingerprint density at radius 3 is 2.58 bits per heavy atom. The molecule has 26 heavy (non-hydrogen) atoms. The lowest BCUT2D eigenvalue weighted by Crippen LogP contribution is -2.30.